The van der Waals surface area contributed by atoms with E-state index < -0.39 is 5.97 Å². The molecule has 0 atom stereocenters. The first kappa shape index (κ1) is 14.7. The Kier molecular flexibility index (Phi) is 4.65. The topological polar surface area (TPSA) is 94.3 Å². The zero-order valence-corrected chi connectivity index (χ0v) is 11.8. The van der Waals surface area contributed by atoms with E-state index in [2.05, 4.69) is 20.2 Å². The molecule has 0 bridgehead atoms. The number of nitrogens with zero attached hydrogens (tertiary/aromatic N) is 2. The Labute approximate surface area is 121 Å². The molecule has 1 N–H and O–H groups in total. The highest BCUT2D eigenvalue weighted by Crippen LogP contribution is 2.12. The monoisotopic (exact) mass is 289 g/mol. The quantitative estimate of drug-likeness (QED) is 0.842. The van der Waals surface area contributed by atoms with Gasteiger partial charge in [-0.2, -0.15) is 4.98 Å². The summed E-state index contributed by atoms with van der Waals surface area (Å²) in [5.41, 5.74) is 0.910. The van der Waals surface area contributed by atoms with Gasteiger partial charge in [0.1, 0.15) is 0 Å². The number of nitrogens with one attached hydrogen (secondary N) is 1. The number of ether oxygens (including phenoxy) is 1. The Morgan fingerprint density at radius 2 is 2.19 bits per heavy atom. The molecule has 7 nitrogen and oxygen atoms in total. The van der Waals surface area contributed by atoms with E-state index in [1.807, 2.05) is 0 Å². The van der Waals surface area contributed by atoms with Gasteiger partial charge in [-0.3, -0.25) is 4.79 Å². The minimum absolute atomic E-state index is 0.201. The fraction of sp³-hybridized carbons (Fsp3) is 0.286. The van der Waals surface area contributed by atoms with Crippen molar-refractivity contribution in [2.45, 2.75) is 19.8 Å². The Morgan fingerprint density at radius 3 is 2.86 bits per heavy atom. The van der Waals surface area contributed by atoms with Crippen LogP contribution in [0.1, 0.15) is 28.5 Å². The largest absolute Gasteiger partial charge is 0.465 e. The van der Waals surface area contributed by atoms with Gasteiger partial charge in [0.05, 0.1) is 12.7 Å². The molecular weight excluding hydrogens is 274 g/mol. The lowest BCUT2D eigenvalue weighted by Gasteiger charge is -2.06. The van der Waals surface area contributed by atoms with E-state index in [9.17, 15) is 9.59 Å². The summed E-state index contributed by atoms with van der Waals surface area (Å²) in [5.74, 6) is 0.308. The molecule has 21 heavy (non-hydrogen) atoms. The fourth-order valence-corrected chi connectivity index (χ4v) is 1.73. The van der Waals surface area contributed by atoms with Crippen molar-refractivity contribution < 1.29 is 18.8 Å². The molecule has 1 aromatic heterocycles. The number of anilines is 1. The Hall–Kier alpha value is -2.70. The summed E-state index contributed by atoms with van der Waals surface area (Å²) in [4.78, 5) is 27.2. The molecule has 7 heteroatoms. The lowest BCUT2D eigenvalue weighted by Crippen LogP contribution is -2.13. The molecule has 0 fully saturated rings. The normalized spacial score (nSPS) is 10.2. The van der Waals surface area contributed by atoms with Crippen molar-refractivity contribution in [1.29, 1.82) is 0 Å². The average Bonchev–Trinajstić information content (AvgIpc) is 2.90. The van der Waals surface area contributed by atoms with Crippen LogP contribution < -0.4 is 5.32 Å². The maximum absolute atomic E-state index is 11.8. The predicted molar refractivity (Wildman–Crippen MR) is 73.8 cm³/mol. The third kappa shape index (κ3) is 4.13. The van der Waals surface area contributed by atoms with Crippen LogP contribution in [-0.4, -0.2) is 29.1 Å². The molecule has 0 saturated heterocycles. The summed E-state index contributed by atoms with van der Waals surface area (Å²) in [5, 5.41) is 6.35. The minimum Gasteiger partial charge on any atom is -0.465 e. The third-order valence-electron chi connectivity index (χ3n) is 2.70. The number of hydrogen-bond donors (Lipinski definition) is 1. The second kappa shape index (κ2) is 6.65. The first-order valence-corrected chi connectivity index (χ1v) is 6.36. The number of carbonyl (C=O) groups excluding carboxylic acids is 2. The third-order valence-corrected chi connectivity index (χ3v) is 2.70. The highest BCUT2D eigenvalue weighted by atomic mass is 16.5. The van der Waals surface area contributed by atoms with Crippen LogP contribution in [0.25, 0.3) is 0 Å². The van der Waals surface area contributed by atoms with Crippen molar-refractivity contribution in [3.8, 4) is 0 Å². The molecule has 0 aliphatic rings. The second-order valence-corrected chi connectivity index (χ2v) is 4.36. The minimum atomic E-state index is -0.451. The number of rotatable bonds is 5. The lowest BCUT2D eigenvalue weighted by molar-refractivity contribution is -0.116. The van der Waals surface area contributed by atoms with Gasteiger partial charge in [-0.15, -0.1) is 0 Å². The average molecular weight is 289 g/mol. The lowest BCUT2D eigenvalue weighted by atomic mass is 10.2. The van der Waals surface area contributed by atoms with Gasteiger partial charge < -0.3 is 14.6 Å². The van der Waals surface area contributed by atoms with Crippen LogP contribution in [0.3, 0.4) is 0 Å². The van der Waals surface area contributed by atoms with E-state index in [0.29, 0.717) is 29.4 Å². The summed E-state index contributed by atoms with van der Waals surface area (Å²) in [7, 11) is 1.31. The van der Waals surface area contributed by atoms with E-state index in [1.165, 1.54) is 7.11 Å². The molecule has 110 valence electrons. The number of aryl methyl sites for hydroxylation is 2. The van der Waals surface area contributed by atoms with Crippen molar-refractivity contribution in [1.82, 2.24) is 10.1 Å². The van der Waals surface area contributed by atoms with Gasteiger partial charge >= 0.3 is 5.97 Å². The van der Waals surface area contributed by atoms with Crippen molar-refractivity contribution in [3.63, 3.8) is 0 Å². The Bertz CT molecular complexity index is 651. The fourth-order valence-electron chi connectivity index (χ4n) is 1.73. The van der Waals surface area contributed by atoms with Gasteiger partial charge in [-0.25, -0.2) is 4.79 Å². The molecule has 0 radical (unpaired) electrons. The van der Waals surface area contributed by atoms with Crippen LogP contribution in [0, 0.1) is 6.92 Å². The Balaban J connectivity index is 1.91. The van der Waals surface area contributed by atoms with Gasteiger partial charge in [-0.05, 0) is 25.1 Å². The molecule has 2 aromatic rings. The summed E-state index contributed by atoms with van der Waals surface area (Å²) in [6.07, 6.45) is 0.577. The van der Waals surface area contributed by atoms with Crippen molar-refractivity contribution in [2.24, 2.45) is 0 Å². The van der Waals surface area contributed by atoms with E-state index in [4.69, 9.17) is 4.52 Å². The summed E-state index contributed by atoms with van der Waals surface area (Å²) < 4.78 is 9.55. The highest BCUT2D eigenvalue weighted by Gasteiger charge is 2.09. The summed E-state index contributed by atoms with van der Waals surface area (Å²) in [6, 6.07) is 6.54. The molecule has 1 amide bonds. The first-order chi connectivity index (χ1) is 10.1. The summed E-state index contributed by atoms with van der Waals surface area (Å²) >= 11 is 0. The number of esters is 1. The maximum Gasteiger partial charge on any atom is 0.337 e. The zero-order chi connectivity index (χ0) is 15.2. The number of amides is 1. The molecule has 0 aliphatic heterocycles. The maximum atomic E-state index is 11.8. The molecule has 1 aromatic carbocycles. The van der Waals surface area contributed by atoms with E-state index >= 15 is 0 Å². The van der Waals surface area contributed by atoms with Crippen LogP contribution in [0.5, 0.6) is 0 Å². The zero-order valence-electron chi connectivity index (χ0n) is 11.8. The number of carbonyl (C=O) groups is 2. The SMILES string of the molecule is COC(=O)c1cccc(NC(=O)CCc2nc(C)no2)c1. The number of hydrogen-bond acceptors (Lipinski definition) is 6. The number of benzene rings is 1. The first-order valence-electron chi connectivity index (χ1n) is 6.36. The highest BCUT2D eigenvalue weighted by molar-refractivity contribution is 5.94. The van der Waals surface area contributed by atoms with Gasteiger partial charge in [0.2, 0.25) is 11.8 Å². The van der Waals surface area contributed by atoms with Crippen LogP contribution in [0.4, 0.5) is 5.69 Å². The van der Waals surface area contributed by atoms with Gasteiger partial charge in [-0.1, -0.05) is 11.2 Å². The molecular formula is C14H15N3O4. The van der Waals surface area contributed by atoms with Crippen LogP contribution >= 0.6 is 0 Å². The molecule has 0 unspecified atom stereocenters. The van der Waals surface area contributed by atoms with Crippen molar-refractivity contribution >= 4 is 17.6 Å². The van der Waals surface area contributed by atoms with Gasteiger partial charge in [0.15, 0.2) is 5.82 Å². The standard InChI is InChI=1S/C14H15N3O4/c1-9-15-13(21-17-9)7-6-12(18)16-11-5-3-4-10(8-11)14(19)20-2/h3-5,8H,6-7H2,1-2H3,(H,16,18). The molecule has 0 saturated carbocycles. The van der Waals surface area contributed by atoms with Crippen molar-refractivity contribution in [2.75, 3.05) is 12.4 Å². The van der Waals surface area contributed by atoms with Crippen LogP contribution in [0.15, 0.2) is 28.8 Å². The van der Waals surface area contributed by atoms with E-state index in [1.54, 1.807) is 31.2 Å². The Morgan fingerprint density at radius 1 is 1.38 bits per heavy atom. The van der Waals surface area contributed by atoms with Crippen molar-refractivity contribution in [3.05, 3.63) is 41.5 Å². The van der Waals surface area contributed by atoms with E-state index in [-0.39, 0.29) is 12.3 Å². The smallest absolute Gasteiger partial charge is 0.337 e. The van der Waals surface area contributed by atoms with Crippen LogP contribution in [-0.2, 0) is 16.0 Å². The van der Waals surface area contributed by atoms with E-state index in [0.717, 1.165) is 0 Å². The van der Waals surface area contributed by atoms with Gasteiger partial charge in [0.25, 0.3) is 0 Å². The molecule has 2 rings (SSSR count). The van der Waals surface area contributed by atoms with Gasteiger partial charge in [0, 0.05) is 18.5 Å². The molecule has 1 heterocycles. The molecule has 0 aliphatic carbocycles. The second-order valence-electron chi connectivity index (χ2n) is 4.36. The van der Waals surface area contributed by atoms with Crippen LogP contribution in [0.2, 0.25) is 0 Å². The predicted octanol–water partition coefficient (Wildman–Crippen LogP) is 1.74. The number of methoxy groups -OCH3 is 1. The molecule has 0 spiro atoms. The summed E-state index contributed by atoms with van der Waals surface area (Å²) in [6.45, 7) is 1.71. The number of aromatic nitrogens is 2.